The first-order valence-corrected chi connectivity index (χ1v) is 21.9. The molecular weight excluding hydrogens is 801 g/mol. The molecule has 0 radical (unpaired) electrons. The third-order valence-electron chi connectivity index (χ3n) is 14.7. The van der Waals surface area contributed by atoms with E-state index in [-0.39, 0.29) is 53.2 Å². The Labute approximate surface area is 362 Å². The molecule has 324 valence electrons. The van der Waals surface area contributed by atoms with Crippen molar-refractivity contribution < 1.29 is 28.7 Å². The Morgan fingerprint density at radius 2 is 1.25 bits per heavy atom. The molecule has 3 saturated carbocycles. The number of carbonyl (C=O) groups is 4. The molecule has 6 heterocycles. The van der Waals surface area contributed by atoms with Gasteiger partial charge in [-0.15, -0.1) is 0 Å². The fourth-order valence-corrected chi connectivity index (χ4v) is 11.1. The van der Waals surface area contributed by atoms with E-state index in [1.807, 2.05) is 80.0 Å². The minimum atomic E-state index is -0.697. The number of alkyl carbamates (subject to hydrolysis) is 2. The van der Waals surface area contributed by atoms with E-state index >= 15 is 0 Å². The highest BCUT2D eigenvalue weighted by Crippen LogP contribution is 2.90. The monoisotopic (exact) mass is 850 g/mol. The molecule has 3 aliphatic carbocycles. The predicted octanol–water partition coefficient (Wildman–Crippen LogP) is 6.66. The first-order chi connectivity index (χ1) is 30.3. The van der Waals surface area contributed by atoms with Gasteiger partial charge < -0.3 is 39.9 Å². The zero-order valence-corrected chi connectivity index (χ0v) is 36.2. The van der Waals surface area contributed by atoms with Gasteiger partial charge >= 0.3 is 12.2 Å². The molecule has 6 aliphatic rings. The van der Waals surface area contributed by atoms with E-state index in [0.29, 0.717) is 17.8 Å². The van der Waals surface area contributed by atoms with Crippen molar-refractivity contribution in [3.8, 4) is 22.4 Å². The zero-order chi connectivity index (χ0) is 43.8. The number of likely N-dealkylation sites (tertiary alicyclic amines) is 1. The number of hydrogen-bond donors (Lipinski definition) is 4. The molecule has 4 N–H and O–H groups in total. The van der Waals surface area contributed by atoms with Crippen LogP contribution in [0.25, 0.3) is 55.5 Å². The van der Waals surface area contributed by atoms with Crippen LogP contribution in [0.4, 0.5) is 9.59 Å². The quantitative estimate of drug-likeness (QED) is 0.116. The lowest BCUT2D eigenvalue weighted by molar-refractivity contribution is -0.137. The average Bonchev–Trinajstić information content (AvgIpc) is 3.96. The van der Waals surface area contributed by atoms with Crippen molar-refractivity contribution >= 4 is 57.1 Å². The number of fused-ring (bicyclic) bond motifs is 5. The third kappa shape index (κ3) is 6.07. The summed E-state index contributed by atoms with van der Waals surface area (Å²) in [4.78, 5) is 83.0. The molecule has 63 heavy (non-hydrogen) atoms. The summed E-state index contributed by atoms with van der Waals surface area (Å²) < 4.78 is 9.66. The summed E-state index contributed by atoms with van der Waals surface area (Å²) in [5, 5.41) is 5.51. The summed E-state index contributed by atoms with van der Waals surface area (Å²) in [7, 11) is 2.60. The standard InChI is InChI=1S/C47H50N10O6/c1-20(2)37(54-45(60)62-6)43(58)56-33-17-25(33)18-34(56)41-50-27-13-10-24(16-31(27)52-41)32-19-48-29-14-22(8-11-26(29)49-32)23-9-12-28-30(15-23)53-42(51-28)39-35-36-40(47(35,36)5)57(39)44(59)38(21(3)4)55-46(61)63-7/h8-16,19-21,25,33-40H,17-18H2,1-7H3,(H,50,52)(H,51,53)(H,54,60)(H,55,61)/t25-,33-,34+,35?,36-,37+,38+,39+,40+,47-/m1/s1. The molecule has 6 fully saturated rings. The number of aromatic amines is 2. The van der Waals surface area contributed by atoms with E-state index in [2.05, 4.69) is 39.7 Å². The lowest BCUT2D eigenvalue weighted by Gasteiger charge is -2.31. The van der Waals surface area contributed by atoms with Crippen molar-refractivity contribution in [1.29, 1.82) is 0 Å². The Morgan fingerprint density at radius 3 is 1.89 bits per heavy atom. The van der Waals surface area contributed by atoms with Crippen molar-refractivity contribution in [2.75, 3.05) is 14.2 Å². The zero-order valence-electron chi connectivity index (χ0n) is 36.2. The van der Waals surface area contributed by atoms with Crippen LogP contribution >= 0.6 is 0 Å². The molecule has 16 nitrogen and oxygen atoms in total. The van der Waals surface area contributed by atoms with E-state index in [1.165, 1.54) is 14.2 Å². The Hall–Kier alpha value is -6.58. The maximum absolute atomic E-state index is 14.1. The van der Waals surface area contributed by atoms with E-state index < -0.39 is 24.3 Å². The van der Waals surface area contributed by atoms with Crippen LogP contribution in [0.2, 0.25) is 0 Å². The number of H-pyrrole nitrogens is 2. The molecule has 1 unspecified atom stereocenters. The van der Waals surface area contributed by atoms with Gasteiger partial charge in [-0.1, -0.05) is 52.8 Å². The number of piperidine rings is 2. The van der Waals surface area contributed by atoms with Crippen molar-refractivity contribution in [2.45, 2.75) is 83.7 Å². The number of hydrogen-bond acceptors (Lipinski definition) is 10. The molecule has 0 spiro atoms. The highest BCUT2D eigenvalue weighted by atomic mass is 16.5. The highest BCUT2D eigenvalue weighted by Gasteiger charge is 2.94. The second kappa shape index (κ2) is 14.0. The van der Waals surface area contributed by atoms with Crippen molar-refractivity contribution in [2.24, 2.45) is 35.0 Å². The van der Waals surface area contributed by atoms with Crippen LogP contribution in [0.3, 0.4) is 0 Å². The van der Waals surface area contributed by atoms with Gasteiger partial charge in [0.1, 0.15) is 23.7 Å². The Bertz CT molecular complexity index is 2910. The van der Waals surface area contributed by atoms with Gasteiger partial charge in [-0.25, -0.2) is 24.5 Å². The molecule has 3 aliphatic heterocycles. The number of methoxy groups -OCH3 is 2. The lowest BCUT2D eigenvalue weighted by Crippen LogP contribution is -2.52. The molecule has 3 aromatic carbocycles. The fraction of sp³-hybridized carbons (Fsp3) is 0.447. The number of carbonyl (C=O) groups excluding carboxylic acids is 4. The molecule has 12 rings (SSSR count). The van der Waals surface area contributed by atoms with Gasteiger partial charge in [0, 0.05) is 17.6 Å². The number of ether oxygens (including phenoxy) is 2. The van der Waals surface area contributed by atoms with E-state index in [4.69, 9.17) is 29.4 Å². The van der Waals surface area contributed by atoms with Crippen LogP contribution in [0.1, 0.15) is 71.2 Å². The number of amides is 4. The first kappa shape index (κ1) is 39.3. The van der Waals surface area contributed by atoms with E-state index in [1.54, 1.807) is 6.20 Å². The van der Waals surface area contributed by atoms with Gasteiger partial charge in [0.25, 0.3) is 0 Å². The number of aromatic nitrogens is 6. The maximum Gasteiger partial charge on any atom is 0.407 e. The normalized spacial score (nSPS) is 27.1. The SMILES string of the molecule is COC(=O)N[C@H](C(=O)N1[C@H](c2nc3ccc(-c4ccc5nc(-c6ccc7nc([C@@H]8C[C@H]9C[C@H]9N8C(=O)[C@@H](NC(=O)OC)C(C)C)[nH]c7c6)cnc5c4)cc3[nH]2)C2[C@@H]3[C@H]1[C@]23C)C(C)C. The van der Waals surface area contributed by atoms with Crippen LogP contribution < -0.4 is 10.6 Å². The smallest absolute Gasteiger partial charge is 0.407 e. The van der Waals surface area contributed by atoms with Gasteiger partial charge in [0.05, 0.1) is 71.3 Å². The summed E-state index contributed by atoms with van der Waals surface area (Å²) in [5.41, 5.74) is 8.54. The Morgan fingerprint density at radius 1 is 0.698 bits per heavy atom. The van der Waals surface area contributed by atoms with Crippen LogP contribution in [-0.2, 0) is 19.1 Å². The topological polar surface area (TPSA) is 200 Å². The second-order valence-corrected chi connectivity index (χ2v) is 19.0. The minimum absolute atomic E-state index is 0.0957. The molecule has 3 aromatic heterocycles. The molecule has 4 amide bonds. The van der Waals surface area contributed by atoms with Gasteiger partial charge in [0.2, 0.25) is 11.8 Å². The molecular formula is C47H50N10O6. The number of rotatable bonds is 10. The maximum atomic E-state index is 14.1. The molecule has 3 saturated heterocycles. The van der Waals surface area contributed by atoms with Gasteiger partial charge in [-0.05, 0) is 95.4 Å². The van der Waals surface area contributed by atoms with Crippen molar-refractivity contribution in [3.05, 3.63) is 72.4 Å². The minimum Gasteiger partial charge on any atom is -0.453 e. The molecule has 6 aromatic rings. The van der Waals surface area contributed by atoms with Crippen LogP contribution in [0.15, 0.2) is 60.8 Å². The summed E-state index contributed by atoms with van der Waals surface area (Å²) in [5.74, 6) is 2.29. The molecule has 10 atom stereocenters. The molecule has 2 bridgehead atoms. The van der Waals surface area contributed by atoms with Gasteiger partial charge in [-0.2, -0.15) is 0 Å². The summed E-state index contributed by atoms with van der Waals surface area (Å²) in [6.45, 7) is 9.94. The highest BCUT2D eigenvalue weighted by molar-refractivity contribution is 5.91. The Kier molecular flexibility index (Phi) is 8.71. The number of nitrogens with zero attached hydrogens (tertiary/aromatic N) is 6. The largest absolute Gasteiger partial charge is 0.453 e. The molecule has 16 heteroatoms. The Balaban J connectivity index is 0.824. The van der Waals surface area contributed by atoms with Crippen LogP contribution in [0.5, 0.6) is 0 Å². The lowest BCUT2D eigenvalue weighted by atomic mass is 10.0. The van der Waals surface area contributed by atoms with Crippen LogP contribution in [-0.4, -0.2) is 102 Å². The first-order valence-electron chi connectivity index (χ1n) is 21.9. The van der Waals surface area contributed by atoms with Crippen molar-refractivity contribution in [3.63, 3.8) is 0 Å². The van der Waals surface area contributed by atoms with Gasteiger partial charge in [0.15, 0.2) is 0 Å². The predicted molar refractivity (Wildman–Crippen MR) is 233 cm³/mol. The van der Waals surface area contributed by atoms with Crippen molar-refractivity contribution in [1.82, 2.24) is 50.3 Å². The fourth-order valence-electron chi connectivity index (χ4n) is 11.1. The van der Waals surface area contributed by atoms with E-state index in [0.717, 1.165) is 80.0 Å². The van der Waals surface area contributed by atoms with E-state index in [9.17, 15) is 19.2 Å². The third-order valence-corrected chi connectivity index (χ3v) is 14.7. The average molecular weight is 851 g/mol. The second-order valence-electron chi connectivity index (χ2n) is 19.0. The van der Waals surface area contributed by atoms with Crippen LogP contribution in [0, 0.1) is 35.0 Å². The summed E-state index contributed by atoms with van der Waals surface area (Å²) in [6, 6.07) is 16.7. The summed E-state index contributed by atoms with van der Waals surface area (Å²) >= 11 is 0. The number of benzene rings is 3. The number of imidazole rings is 2. The number of nitrogens with one attached hydrogen (secondary N) is 4. The summed E-state index contributed by atoms with van der Waals surface area (Å²) in [6.07, 6.45) is 2.33. The van der Waals surface area contributed by atoms with Gasteiger partial charge in [-0.3, -0.25) is 14.6 Å².